The van der Waals surface area contributed by atoms with Gasteiger partial charge in [0.2, 0.25) is 0 Å². The molecule has 0 spiro atoms. The molecule has 17 heavy (non-hydrogen) atoms. The lowest BCUT2D eigenvalue weighted by Crippen LogP contribution is -2.13. The summed E-state index contributed by atoms with van der Waals surface area (Å²) in [6, 6.07) is 8.75. The van der Waals surface area contributed by atoms with Crippen molar-refractivity contribution >= 4 is 0 Å². The molecule has 0 radical (unpaired) electrons. The van der Waals surface area contributed by atoms with Crippen LogP contribution in [0.2, 0.25) is 0 Å². The van der Waals surface area contributed by atoms with Gasteiger partial charge in [0.1, 0.15) is 0 Å². The molecule has 90 valence electrons. The summed E-state index contributed by atoms with van der Waals surface area (Å²) in [6.45, 7) is 5.91. The Labute approximate surface area is 102 Å². The average molecular weight is 229 g/mol. The van der Waals surface area contributed by atoms with E-state index in [2.05, 4.69) is 46.5 Å². The Kier molecular flexibility index (Phi) is 3.94. The van der Waals surface area contributed by atoms with E-state index in [1.54, 1.807) is 6.33 Å². The summed E-state index contributed by atoms with van der Waals surface area (Å²) in [4.78, 5) is 7.34. The van der Waals surface area contributed by atoms with E-state index in [9.17, 15) is 0 Å². The molecule has 3 nitrogen and oxygen atoms in total. The minimum Gasteiger partial charge on any atom is -0.348 e. The highest BCUT2D eigenvalue weighted by Gasteiger charge is 2.00. The normalized spacial score (nSPS) is 10.7. The Morgan fingerprint density at radius 2 is 1.82 bits per heavy atom. The Hall–Kier alpha value is -1.61. The first-order chi connectivity index (χ1) is 8.29. The lowest BCUT2D eigenvalue weighted by Gasteiger charge is -2.05. The highest BCUT2D eigenvalue weighted by Crippen LogP contribution is 2.05. The van der Waals surface area contributed by atoms with Gasteiger partial charge in [-0.15, -0.1) is 0 Å². The fourth-order valence-electron chi connectivity index (χ4n) is 1.78. The van der Waals surface area contributed by atoms with Gasteiger partial charge in [0, 0.05) is 18.8 Å². The molecule has 2 rings (SSSR count). The first-order valence-corrected chi connectivity index (χ1v) is 6.07. The highest BCUT2D eigenvalue weighted by atomic mass is 14.9. The number of nitrogens with one attached hydrogen (secondary N) is 2. The van der Waals surface area contributed by atoms with Crippen LogP contribution in [0.5, 0.6) is 0 Å². The third-order valence-electron chi connectivity index (χ3n) is 2.99. The van der Waals surface area contributed by atoms with E-state index < -0.39 is 0 Å². The number of hydrogen-bond acceptors (Lipinski definition) is 2. The van der Waals surface area contributed by atoms with Crippen LogP contribution in [0.3, 0.4) is 0 Å². The molecular formula is C14H19N3. The molecule has 0 amide bonds. The summed E-state index contributed by atoms with van der Waals surface area (Å²) < 4.78 is 0. The molecule has 0 fully saturated rings. The number of H-pyrrole nitrogens is 1. The van der Waals surface area contributed by atoms with Crippen LogP contribution in [0.1, 0.15) is 29.4 Å². The monoisotopic (exact) mass is 229 g/mol. The van der Waals surface area contributed by atoms with Crippen LogP contribution in [-0.2, 0) is 19.5 Å². The number of aryl methyl sites for hydroxylation is 2. The fourth-order valence-corrected chi connectivity index (χ4v) is 1.78. The molecule has 1 heterocycles. The summed E-state index contributed by atoms with van der Waals surface area (Å²) in [6.07, 6.45) is 2.84. The average Bonchev–Trinajstić information content (AvgIpc) is 2.76. The van der Waals surface area contributed by atoms with E-state index >= 15 is 0 Å². The molecule has 0 unspecified atom stereocenters. The lowest BCUT2D eigenvalue weighted by atomic mass is 10.1. The summed E-state index contributed by atoms with van der Waals surface area (Å²) in [5.74, 6) is 0. The molecule has 0 aliphatic rings. The Bertz CT molecular complexity index is 457. The maximum Gasteiger partial charge on any atom is 0.0925 e. The van der Waals surface area contributed by atoms with Gasteiger partial charge in [-0.3, -0.25) is 0 Å². The standard InChI is InChI=1S/C14H19N3/c1-3-12-4-6-13(7-5-12)8-15-9-14-11(2)16-10-17-14/h4-7,10,15H,3,8-9H2,1-2H3,(H,16,17). The second-order valence-electron chi connectivity index (χ2n) is 4.25. The molecule has 1 aromatic carbocycles. The van der Waals surface area contributed by atoms with Crippen molar-refractivity contribution in [3.8, 4) is 0 Å². The van der Waals surface area contributed by atoms with E-state index in [0.717, 1.165) is 30.9 Å². The van der Waals surface area contributed by atoms with Gasteiger partial charge in [0.15, 0.2) is 0 Å². The van der Waals surface area contributed by atoms with Crippen molar-refractivity contribution in [2.75, 3.05) is 0 Å². The van der Waals surface area contributed by atoms with Gasteiger partial charge in [-0.1, -0.05) is 31.2 Å². The van der Waals surface area contributed by atoms with E-state index in [1.807, 2.05) is 6.92 Å². The first-order valence-electron chi connectivity index (χ1n) is 6.07. The van der Waals surface area contributed by atoms with Crippen LogP contribution < -0.4 is 5.32 Å². The van der Waals surface area contributed by atoms with Gasteiger partial charge in [-0.05, 0) is 24.5 Å². The van der Waals surface area contributed by atoms with Gasteiger partial charge >= 0.3 is 0 Å². The van der Waals surface area contributed by atoms with Crippen LogP contribution in [0.25, 0.3) is 0 Å². The third kappa shape index (κ3) is 3.17. The van der Waals surface area contributed by atoms with Crippen molar-refractivity contribution in [3.63, 3.8) is 0 Å². The van der Waals surface area contributed by atoms with Gasteiger partial charge < -0.3 is 10.3 Å². The minimum absolute atomic E-state index is 0.810. The Morgan fingerprint density at radius 1 is 1.12 bits per heavy atom. The van der Waals surface area contributed by atoms with Crippen LogP contribution in [0, 0.1) is 6.92 Å². The van der Waals surface area contributed by atoms with Gasteiger partial charge in [-0.25, -0.2) is 4.98 Å². The second-order valence-corrected chi connectivity index (χ2v) is 4.25. The number of hydrogen-bond donors (Lipinski definition) is 2. The number of aromatic amines is 1. The molecule has 2 aromatic rings. The zero-order valence-electron chi connectivity index (χ0n) is 10.5. The molecule has 1 aromatic heterocycles. The maximum absolute atomic E-state index is 4.26. The summed E-state index contributed by atoms with van der Waals surface area (Å²) in [5.41, 5.74) is 4.93. The highest BCUT2D eigenvalue weighted by molar-refractivity contribution is 5.22. The van der Waals surface area contributed by atoms with Crippen LogP contribution >= 0.6 is 0 Å². The largest absolute Gasteiger partial charge is 0.348 e. The molecule has 0 aliphatic carbocycles. The molecule has 0 atom stereocenters. The van der Waals surface area contributed by atoms with Gasteiger partial charge in [0.05, 0.1) is 12.0 Å². The zero-order chi connectivity index (χ0) is 12.1. The van der Waals surface area contributed by atoms with Crippen molar-refractivity contribution in [2.24, 2.45) is 0 Å². The molecular weight excluding hydrogens is 210 g/mol. The van der Waals surface area contributed by atoms with Gasteiger partial charge in [-0.2, -0.15) is 0 Å². The third-order valence-corrected chi connectivity index (χ3v) is 2.99. The molecule has 2 N–H and O–H groups in total. The molecule has 3 heteroatoms. The number of rotatable bonds is 5. The van der Waals surface area contributed by atoms with E-state index in [-0.39, 0.29) is 0 Å². The summed E-state index contributed by atoms with van der Waals surface area (Å²) in [5, 5.41) is 3.40. The number of imidazole rings is 1. The Morgan fingerprint density at radius 3 is 2.41 bits per heavy atom. The van der Waals surface area contributed by atoms with Crippen molar-refractivity contribution in [3.05, 3.63) is 53.1 Å². The SMILES string of the molecule is CCc1ccc(CNCc2nc[nH]c2C)cc1. The lowest BCUT2D eigenvalue weighted by molar-refractivity contribution is 0.679. The van der Waals surface area contributed by atoms with Crippen molar-refractivity contribution < 1.29 is 0 Å². The number of aromatic nitrogens is 2. The number of benzene rings is 1. The van der Waals surface area contributed by atoms with Crippen LogP contribution in [0.15, 0.2) is 30.6 Å². The second kappa shape index (κ2) is 5.64. The first kappa shape index (κ1) is 11.9. The van der Waals surface area contributed by atoms with Crippen molar-refractivity contribution in [1.82, 2.24) is 15.3 Å². The smallest absolute Gasteiger partial charge is 0.0925 e. The molecule has 0 aliphatic heterocycles. The van der Waals surface area contributed by atoms with Gasteiger partial charge in [0.25, 0.3) is 0 Å². The quantitative estimate of drug-likeness (QED) is 0.827. The summed E-state index contributed by atoms with van der Waals surface area (Å²) in [7, 11) is 0. The number of nitrogens with zero attached hydrogens (tertiary/aromatic N) is 1. The van der Waals surface area contributed by atoms with Crippen LogP contribution in [-0.4, -0.2) is 9.97 Å². The Balaban J connectivity index is 1.83. The van der Waals surface area contributed by atoms with Crippen molar-refractivity contribution in [1.29, 1.82) is 0 Å². The maximum atomic E-state index is 4.26. The molecule has 0 saturated heterocycles. The van der Waals surface area contributed by atoms with E-state index in [4.69, 9.17) is 0 Å². The topological polar surface area (TPSA) is 40.7 Å². The van der Waals surface area contributed by atoms with E-state index in [1.165, 1.54) is 11.1 Å². The zero-order valence-corrected chi connectivity index (χ0v) is 10.5. The van der Waals surface area contributed by atoms with E-state index in [0.29, 0.717) is 0 Å². The summed E-state index contributed by atoms with van der Waals surface area (Å²) >= 11 is 0. The van der Waals surface area contributed by atoms with Crippen molar-refractivity contribution in [2.45, 2.75) is 33.4 Å². The van der Waals surface area contributed by atoms with Crippen LogP contribution in [0.4, 0.5) is 0 Å². The fraction of sp³-hybridized carbons (Fsp3) is 0.357. The molecule has 0 saturated carbocycles. The predicted octanol–water partition coefficient (Wildman–Crippen LogP) is 2.57. The predicted molar refractivity (Wildman–Crippen MR) is 69.7 cm³/mol. The molecule has 0 bridgehead atoms. The minimum atomic E-state index is 0.810.